The molecule has 0 aromatic heterocycles. The summed E-state index contributed by atoms with van der Waals surface area (Å²) < 4.78 is 13.1. The fourth-order valence-corrected chi connectivity index (χ4v) is 2.42. The Morgan fingerprint density at radius 3 is 2.76 bits per heavy atom. The van der Waals surface area contributed by atoms with Gasteiger partial charge in [-0.1, -0.05) is 18.9 Å². The van der Waals surface area contributed by atoms with Crippen LogP contribution in [0.5, 0.6) is 0 Å². The third kappa shape index (κ3) is 2.83. The maximum absolute atomic E-state index is 13.1. The van der Waals surface area contributed by atoms with Crippen LogP contribution in [0.4, 0.5) is 4.39 Å². The first kappa shape index (κ1) is 12.1. The smallest absolute Gasteiger partial charge is 0.140 e. The zero-order chi connectivity index (χ0) is 12.3. The summed E-state index contributed by atoms with van der Waals surface area (Å²) in [6, 6.07) is 6.60. The van der Waals surface area contributed by atoms with Crippen LogP contribution in [-0.2, 0) is 6.54 Å². The highest BCUT2D eigenvalue weighted by atomic mass is 19.1. The molecule has 3 heteroatoms. The van der Waals surface area contributed by atoms with Crippen LogP contribution in [0.1, 0.15) is 43.7 Å². The Hall–Kier alpha value is -1.40. The van der Waals surface area contributed by atoms with Crippen molar-refractivity contribution in [3.05, 3.63) is 35.1 Å². The van der Waals surface area contributed by atoms with Gasteiger partial charge in [-0.25, -0.2) is 4.39 Å². The Morgan fingerprint density at radius 1 is 1.41 bits per heavy atom. The van der Waals surface area contributed by atoms with E-state index in [1.165, 1.54) is 31.7 Å². The normalized spacial score (nSPS) is 17.9. The van der Waals surface area contributed by atoms with E-state index >= 15 is 0 Å². The quantitative estimate of drug-likeness (QED) is 0.869. The topological polar surface area (TPSA) is 35.8 Å². The number of hydrogen-bond donors (Lipinski definition) is 1. The van der Waals surface area contributed by atoms with Gasteiger partial charge in [0.15, 0.2) is 0 Å². The maximum Gasteiger partial charge on any atom is 0.140 e. The maximum atomic E-state index is 13.1. The van der Waals surface area contributed by atoms with Crippen molar-refractivity contribution in [1.29, 1.82) is 5.26 Å². The molecule has 1 aromatic rings. The molecule has 1 N–H and O–H groups in total. The van der Waals surface area contributed by atoms with Crippen molar-refractivity contribution < 1.29 is 4.39 Å². The highest BCUT2D eigenvalue weighted by Gasteiger charge is 2.27. The van der Waals surface area contributed by atoms with E-state index in [9.17, 15) is 4.39 Å². The minimum Gasteiger partial charge on any atom is -0.307 e. The Labute approximate surface area is 101 Å². The van der Waals surface area contributed by atoms with Crippen LogP contribution < -0.4 is 5.32 Å². The minimum atomic E-state index is -0.441. The van der Waals surface area contributed by atoms with Crippen LogP contribution in [0.2, 0.25) is 0 Å². The summed E-state index contributed by atoms with van der Waals surface area (Å²) >= 11 is 0. The molecule has 17 heavy (non-hydrogen) atoms. The van der Waals surface area contributed by atoms with Gasteiger partial charge in [0.2, 0.25) is 0 Å². The van der Waals surface area contributed by atoms with E-state index in [0.29, 0.717) is 6.54 Å². The van der Waals surface area contributed by atoms with Crippen LogP contribution >= 0.6 is 0 Å². The number of nitrogens with zero attached hydrogens (tertiary/aromatic N) is 1. The molecule has 90 valence electrons. The molecule has 0 atom stereocenters. The van der Waals surface area contributed by atoms with Crippen LogP contribution in [0, 0.1) is 17.1 Å². The largest absolute Gasteiger partial charge is 0.307 e. The zero-order valence-corrected chi connectivity index (χ0v) is 10.1. The van der Waals surface area contributed by atoms with E-state index in [0.717, 1.165) is 5.56 Å². The molecule has 1 aromatic carbocycles. The van der Waals surface area contributed by atoms with Crippen molar-refractivity contribution in [2.45, 2.75) is 44.7 Å². The lowest BCUT2D eigenvalue weighted by Crippen LogP contribution is -2.38. The van der Waals surface area contributed by atoms with Crippen molar-refractivity contribution in [2.75, 3.05) is 0 Å². The Morgan fingerprint density at radius 2 is 2.12 bits per heavy atom. The summed E-state index contributed by atoms with van der Waals surface area (Å²) in [5, 5.41) is 12.3. The molecule has 0 aliphatic heterocycles. The summed E-state index contributed by atoms with van der Waals surface area (Å²) in [6.45, 7) is 2.93. The highest BCUT2D eigenvalue weighted by molar-refractivity contribution is 5.34. The lowest BCUT2D eigenvalue weighted by Gasteiger charge is -2.25. The van der Waals surface area contributed by atoms with Gasteiger partial charge in [-0.2, -0.15) is 5.26 Å². The molecule has 0 unspecified atom stereocenters. The zero-order valence-electron chi connectivity index (χ0n) is 10.1. The fraction of sp³-hybridized carbons (Fsp3) is 0.500. The van der Waals surface area contributed by atoms with Gasteiger partial charge in [0.05, 0.1) is 5.56 Å². The number of nitrogens with one attached hydrogen (secondary N) is 1. The average molecular weight is 232 g/mol. The van der Waals surface area contributed by atoms with E-state index in [4.69, 9.17) is 5.26 Å². The van der Waals surface area contributed by atoms with Crippen molar-refractivity contribution in [3.63, 3.8) is 0 Å². The van der Waals surface area contributed by atoms with Crippen LogP contribution in [-0.4, -0.2) is 5.54 Å². The van der Waals surface area contributed by atoms with E-state index in [1.807, 2.05) is 6.07 Å². The van der Waals surface area contributed by atoms with Gasteiger partial charge in [-0.3, -0.25) is 0 Å². The number of rotatable bonds is 3. The summed E-state index contributed by atoms with van der Waals surface area (Å²) in [4.78, 5) is 0. The van der Waals surface area contributed by atoms with Gasteiger partial charge >= 0.3 is 0 Å². The number of halogens is 1. The van der Waals surface area contributed by atoms with Crippen molar-refractivity contribution >= 4 is 0 Å². The Kier molecular flexibility index (Phi) is 3.44. The Bertz CT molecular complexity index is 442. The molecule has 1 fully saturated rings. The molecular formula is C14H17FN2. The molecular weight excluding hydrogens is 215 g/mol. The van der Waals surface area contributed by atoms with Crippen LogP contribution in [0.3, 0.4) is 0 Å². The minimum absolute atomic E-state index is 0.126. The van der Waals surface area contributed by atoms with Crippen LogP contribution in [0.15, 0.2) is 18.2 Å². The second-order valence-electron chi connectivity index (χ2n) is 5.05. The summed E-state index contributed by atoms with van der Waals surface area (Å²) in [5.41, 5.74) is 1.30. The van der Waals surface area contributed by atoms with Gasteiger partial charge < -0.3 is 5.32 Å². The molecule has 0 heterocycles. The van der Waals surface area contributed by atoms with Gasteiger partial charge in [0, 0.05) is 12.1 Å². The third-order valence-corrected chi connectivity index (χ3v) is 3.58. The second kappa shape index (κ2) is 4.85. The molecule has 2 rings (SSSR count). The Balaban J connectivity index is 2.02. The van der Waals surface area contributed by atoms with Gasteiger partial charge in [0.1, 0.15) is 11.9 Å². The molecule has 0 saturated heterocycles. The van der Waals surface area contributed by atoms with Crippen molar-refractivity contribution in [2.24, 2.45) is 0 Å². The molecule has 1 saturated carbocycles. The predicted octanol–water partition coefficient (Wildman–Crippen LogP) is 3.12. The lowest BCUT2D eigenvalue weighted by molar-refractivity contribution is 0.362. The molecule has 1 aliphatic carbocycles. The predicted molar refractivity (Wildman–Crippen MR) is 64.8 cm³/mol. The molecule has 2 nitrogen and oxygen atoms in total. The first-order valence-electron chi connectivity index (χ1n) is 6.06. The lowest BCUT2D eigenvalue weighted by atomic mass is 10.00. The first-order valence-corrected chi connectivity index (χ1v) is 6.06. The number of hydrogen-bond acceptors (Lipinski definition) is 2. The van der Waals surface area contributed by atoms with E-state index in [2.05, 4.69) is 12.2 Å². The van der Waals surface area contributed by atoms with Crippen molar-refractivity contribution in [3.8, 4) is 6.07 Å². The number of benzene rings is 1. The average Bonchev–Trinajstić information content (AvgIpc) is 2.76. The molecule has 1 aliphatic rings. The second-order valence-corrected chi connectivity index (χ2v) is 5.05. The van der Waals surface area contributed by atoms with E-state index < -0.39 is 5.82 Å². The SMILES string of the molecule is CC1(NCc2ccc(F)c(C#N)c2)CCCC1. The van der Waals surface area contributed by atoms with Gasteiger partial charge in [-0.05, 0) is 37.5 Å². The molecule has 0 radical (unpaired) electrons. The monoisotopic (exact) mass is 232 g/mol. The van der Waals surface area contributed by atoms with Gasteiger partial charge in [-0.15, -0.1) is 0 Å². The van der Waals surface area contributed by atoms with Crippen molar-refractivity contribution in [1.82, 2.24) is 5.32 Å². The van der Waals surface area contributed by atoms with E-state index in [-0.39, 0.29) is 11.1 Å². The fourth-order valence-electron chi connectivity index (χ4n) is 2.42. The van der Waals surface area contributed by atoms with Gasteiger partial charge in [0.25, 0.3) is 0 Å². The molecule has 0 amide bonds. The number of nitriles is 1. The van der Waals surface area contributed by atoms with Crippen LogP contribution in [0.25, 0.3) is 0 Å². The molecule has 0 spiro atoms. The standard InChI is InChI=1S/C14H17FN2/c1-14(6-2-3-7-14)17-10-11-4-5-13(15)12(8-11)9-16/h4-5,8,17H,2-3,6-7,10H2,1H3. The van der Waals surface area contributed by atoms with E-state index in [1.54, 1.807) is 12.1 Å². The first-order chi connectivity index (χ1) is 8.13. The summed E-state index contributed by atoms with van der Waals surface area (Å²) in [5.74, 6) is -0.441. The highest BCUT2D eigenvalue weighted by Crippen LogP contribution is 2.29. The summed E-state index contributed by atoms with van der Waals surface area (Å²) in [7, 11) is 0. The summed E-state index contributed by atoms with van der Waals surface area (Å²) in [6.07, 6.45) is 4.94. The third-order valence-electron chi connectivity index (χ3n) is 3.58. The molecule has 0 bridgehead atoms.